The Kier molecular flexibility index (Phi) is 9.09. The van der Waals surface area contributed by atoms with Crippen LogP contribution in [0.4, 0.5) is 0 Å². The lowest BCUT2D eigenvalue weighted by Gasteiger charge is -2.26. The first-order valence-corrected chi connectivity index (χ1v) is 16.0. The standard InChI is InChI=1S/C30H34N6O3S2/c31-28(32)22-9-6-8-21(18-22)19-26(30-34-25-12-2-3-13-27(25)40-30)35-41(38,39)24-11-7-10-23(20-24)29(37)33-14-17-36-15-4-1-5-16-36/h2-3,6-13,18,20,26,35H,1,4-5,14-17,19H2,(H3,31,32)(H,33,37). The van der Waals surface area contributed by atoms with Gasteiger partial charge in [-0.15, -0.1) is 11.3 Å². The van der Waals surface area contributed by atoms with Gasteiger partial charge in [-0.05, 0) is 74.3 Å². The van der Waals surface area contributed by atoms with Crippen LogP contribution in [-0.4, -0.2) is 56.2 Å². The van der Waals surface area contributed by atoms with E-state index < -0.39 is 16.1 Å². The average Bonchev–Trinajstić information content (AvgIpc) is 3.42. The first kappa shape index (κ1) is 28.9. The number of sulfonamides is 1. The highest BCUT2D eigenvalue weighted by Crippen LogP contribution is 2.30. The molecule has 1 fully saturated rings. The normalized spacial score (nSPS) is 15.0. The topological polar surface area (TPSA) is 141 Å². The fraction of sp³-hybridized carbons (Fsp3) is 0.300. The molecule has 0 bridgehead atoms. The Balaban J connectivity index is 1.36. The molecular formula is C30H34N6O3S2. The molecular weight excluding hydrogens is 557 g/mol. The molecule has 1 amide bonds. The molecule has 4 aromatic rings. The van der Waals surface area contributed by atoms with Crippen LogP contribution >= 0.6 is 11.3 Å². The van der Waals surface area contributed by atoms with E-state index in [1.165, 1.54) is 42.7 Å². The van der Waals surface area contributed by atoms with Crippen molar-refractivity contribution in [3.05, 3.63) is 94.5 Å². The van der Waals surface area contributed by atoms with Gasteiger partial charge in [0.15, 0.2) is 0 Å². The molecule has 41 heavy (non-hydrogen) atoms. The van der Waals surface area contributed by atoms with Gasteiger partial charge >= 0.3 is 0 Å². The second-order valence-electron chi connectivity index (χ2n) is 10.2. The van der Waals surface area contributed by atoms with Crippen molar-refractivity contribution in [3.63, 3.8) is 0 Å². The monoisotopic (exact) mass is 590 g/mol. The van der Waals surface area contributed by atoms with Crippen molar-refractivity contribution in [1.29, 1.82) is 5.41 Å². The number of nitrogen functional groups attached to an aromatic ring is 1. The van der Waals surface area contributed by atoms with Crippen LogP contribution in [-0.2, 0) is 16.4 Å². The molecule has 0 aliphatic carbocycles. The Labute approximate surface area is 244 Å². The van der Waals surface area contributed by atoms with Crippen LogP contribution in [0.2, 0.25) is 0 Å². The molecule has 9 nitrogen and oxygen atoms in total. The molecule has 0 spiro atoms. The molecule has 3 aromatic carbocycles. The maximum absolute atomic E-state index is 13.7. The van der Waals surface area contributed by atoms with Crippen molar-refractivity contribution >= 4 is 43.3 Å². The molecule has 0 radical (unpaired) electrons. The molecule has 214 valence electrons. The highest BCUT2D eigenvalue weighted by Gasteiger charge is 2.25. The van der Waals surface area contributed by atoms with Crippen LogP contribution in [0.3, 0.4) is 0 Å². The zero-order chi connectivity index (χ0) is 28.8. The third kappa shape index (κ3) is 7.36. The van der Waals surface area contributed by atoms with Crippen molar-refractivity contribution in [2.24, 2.45) is 5.73 Å². The molecule has 1 atom stereocenters. The number of para-hydroxylation sites is 1. The molecule has 1 aliphatic heterocycles. The lowest BCUT2D eigenvalue weighted by atomic mass is 10.0. The van der Waals surface area contributed by atoms with E-state index >= 15 is 0 Å². The van der Waals surface area contributed by atoms with E-state index in [0.29, 0.717) is 23.5 Å². The second-order valence-corrected chi connectivity index (χ2v) is 13.0. The lowest BCUT2D eigenvalue weighted by molar-refractivity contribution is 0.0946. The van der Waals surface area contributed by atoms with Crippen LogP contribution in [0, 0.1) is 5.41 Å². The summed E-state index contributed by atoms with van der Waals surface area (Å²) in [4.78, 5) is 19.9. The number of fused-ring (bicyclic) bond motifs is 1. The van der Waals surface area contributed by atoms with Crippen molar-refractivity contribution in [1.82, 2.24) is 19.9 Å². The maximum atomic E-state index is 13.7. The summed E-state index contributed by atoms with van der Waals surface area (Å²) >= 11 is 1.43. The van der Waals surface area contributed by atoms with Gasteiger partial charge in [-0.25, -0.2) is 18.1 Å². The molecule has 1 aliphatic rings. The van der Waals surface area contributed by atoms with E-state index in [9.17, 15) is 13.2 Å². The summed E-state index contributed by atoms with van der Waals surface area (Å²) in [5.74, 6) is -0.363. The number of rotatable bonds is 11. The third-order valence-electron chi connectivity index (χ3n) is 7.15. The summed E-state index contributed by atoms with van der Waals surface area (Å²) in [6, 6.07) is 20.3. The zero-order valence-electron chi connectivity index (χ0n) is 22.7. The summed E-state index contributed by atoms with van der Waals surface area (Å²) in [7, 11) is -4.02. The average molecular weight is 591 g/mol. The van der Waals surface area contributed by atoms with E-state index in [0.717, 1.165) is 35.4 Å². The van der Waals surface area contributed by atoms with Gasteiger partial charge in [-0.3, -0.25) is 10.2 Å². The van der Waals surface area contributed by atoms with Crippen molar-refractivity contribution in [2.75, 3.05) is 26.2 Å². The number of aromatic nitrogens is 1. The number of thiazole rings is 1. The van der Waals surface area contributed by atoms with E-state index in [1.807, 2.05) is 30.3 Å². The Hall–Kier alpha value is -3.64. The van der Waals surface area contributed by atoms with Gasteiger partial charge in [0.2, 0.25) is 10.0 Å². The van der Waals surface area contributed by atoms with Crippen molar-refractivity contribution in [2.45, 2.75) is 36.6 Å². The summed E-state index contributed by atoms with van der Waals surface area (Å²) < 4.78 is 31.1. The Bertz CT molecular complexity index is 1610. The third-order valence-corrected chi connectivity index (χ3v) is 9.77. The second kappa shape index (κ2) is 12.9. The number of amidine groups is 1. The molecule has 1 saturated heterocycles. The number of likely N-dealkylation sites (tertiary alicyclic amines) is 1. The fourth-order valence-electron chi connectivity index (χ4n) is 4.99. The van der Waals surface area contributed by atoms with Crippen LogP contribution < -0.4 is 15.8 Å². The molecule has 1 unspecified atom stereocenters. The van der Waals surface area contributed by atoms with E-state index in [1.54, 1.807) is 30.3 Å². The van der Waals surface area contributed by atoms with Crippen LogP contribution in [0.1, 0.15) is 51.8 Å². The first-order chi connectivity index (χ1) is 19.8. The maximum Gasteiger partial charge on any atom is 0.251 e. The largest absolute Gasteiger partial charge is 0.384 e. The number of nitrogens with one attached hydrogen (secondary N) is 3. The van der Waals surface area contributed by atoms with E-state index in [-0.39, 0.29) is 22.2 Å². The number of nitrogens with two attached hydrogens (primary N) is 1. The lowest BCUT2D eigenvalue weighted by Crippen LogP contribution is -2.37. The number of amides is 1. The Morgan fingerprint density at radius 2 is 1.76 bits per heavy atom. The minimum Gasteiger partial charge on any atom is -0.384 e. The molecule has 11 heteroatoms. The van der Waals surface area contributed by atoms with Gasteiger partial charge in [-0.1, -0.05) is 42.8 Å². The van der Waals surface area contributed by atoms with Crippen molar-refractivity contribution in [3.8, 4) is 0 Å². The molecule has 1 aromatic heterocycles. The number of hydrogen-bond acceptors (Lipinski definition) is 7. The van der Waals surface area contributed by atoms with Gasteiger partial charge < -0.3 is 16.0 Å². The molecule has 5 rings (SSSR count). The number of carbonyl (C=O) groups is 1. The Morgan fingerprint density at radius 3 is 2.54 bits per heavy atom. The quantitative estimate of drug-likeness (QED) is 0.153. The van der Waals surface area contributed by atoms with Gasteiger partial charge in [-0.2, -0.15) is 0 Å². The van der Waals surface area contributed by atoms with Gasteiger partial charge in [0, 0.05) is 24.2 Å². The first-order valence-electron chi connectivity index (χ1n) is 13.7. The van der Waals surface area contributed by atoms with E-state index in [2.05, 4.69) is 14.9 Å². The SMILES string of the molecule is N=C(N)c1cccc(CC(NS(=O)(=O)c2cccc(C(=O)NCCN3CCCCC3)c2)c2nc3ccccc3s2)c1. The summed E-state index contributed by atoms with van der Waals surface area (Å²) in [5.41, 5.74) is 8.14. The molecule has 0 saturated carbocycles. The van der Waals surface area contributed by atoms with Crippen LogP contribution in [0.15, 0.2) is 77.7 Å². The highest BCUT2D eigenvalue weighted by molar-refractivity contribution is 7.89. The fourth-order valence-corrected chi connectivity index (χ4v) is 7.33. The predicted molar refractivity (Wildman–Crippen MR) is 163 cm³/mol. The van der Waals surface area contributed by atoms with Crippen molar-refractivity contribution < 1.29 is 13.2 Å². The summed E-state index contributed by atoms with van der Waals surface area (Å²) in [5, 5.41) is 11.3. The molecule has 5 N–H and O–H groups in total. The number of hydrogen-bond donors (Lipinski definition) is 4. The van der Waals surface area contributed by atoms with E-state index in [4.69, 9.17) is 16.1 Å². The number of benzene rings is 3. The zero-order valence-corrected chi connectivity index (χ0v) is 24.3. The van der Waals surface area contributed by atoms with Gasteiger partial charge in [0.05, 0.1) is 21.2 Å². The number of nitrogens with zero attached hydrogens (tertiary/aromatic N) is 2. The number of carbonyl (C=O) groups excluding carboxylic acids is 1. The smallest absolute Gasteiger partial charge is 0.251 e. The van der Waals surface area contributed by atoms with Gasteiger partial charge in [0.1, 0.15) is 10.8 Å². The van der Waals surface area contributed by atoms with Crippen LogP contribution in [0.5, 0.6) is 0 Å². The minimum atomic E-state index is -4.02. The van der Waals surface area contributed by atoms with Crippen LogP contribution in [0.25, 0.3) is 10.2 Å². The molecule has 2 heterocycles. The summed E-state index contributed by atoms with van der Waals surface area (Å²) in [6.07, 6.45) is 3.92. The van der Waals surface area contributed by atoms with Gasteiger partial charge in [0.25, 0.3) is 5.91 Å². The predicted octanol–water partition coefficient (Wildman–Crippen LogP) is 4.06. The number of piperidine rings is 1. The summed E-state index contributed by atoms with van der Waals surface area (Å²) in [6.45, 7) is 3.38. The minimum absolute atomic E-state index is 0.00442. The Morgan fingerprint density at radius 1 is 1.00 bits per heavy atom. The highest BCUT2D eigenvalue weighted by atomic mass is 32.2.